The van der Waals surface area contributed by atoms with Crippen LogP contribution in [0.2, 0.25) is 0 Å². The molecule has 5 heteroatoms. The normalized spacial score (nSPS) is 18.3. The summed E-state index contributed by atoms with van der Waals surface area (Å²) in [5, 5.41) is 7.79. The first-order chi connectivity index (χ1) is 10.8. The van der Waals surface area contributed by atoms with E-state index in [1.165, 1.54) is 0 Å². The Bertz CT molecular complexity index is 629. The third-order valence-electron chi connectivity index (χ3n) is 4.08. The number of hydrogen-bond acceptors (Lipinski definition) is 4. The maximum Gasteiger partial charge on any atom is 0.158 e. The number of nitrogens with zero attached hydrogens (tertiary/aromatic N) is 3. The van der Waals surface area contributed by atoms with Gasteiger partial charge in [-0.3, -0.25) is 4.79 Å². The molecule has 0 aliphatic carbocycles. The van der Waals surface area contributed by atoms with E-state index in [9.17, 15) is 4.79 Å². The highest BCUT2D eigenvalue weighted by Crippen LogP contribution is 2.18. The summed E-state index contributed by atoms with van der Waals surface area (Å²) in [6.07, 6.45) is 3.52. The van der Waals surface area contributed by atoms with Gasteiger partial charge < -0.3 is 5.32 Å². The number of ketones is 1. The van der Waals surface area contributed by atoms with Gasteiger partial charge in [0.1, 0.15) is 0 Å². The van der Waals surface area contributed by atoms with Crippen molar-refractivity contribution in [2.45, 2.75) is 45.2 Å². The monoisotopic (exact) mass is 298 g/mol. The molecule has 2 heterocycles. The van der Waals surface area contributed by atoms with E-state index in [0.717, 1.165) is 43.7 Å². The molecule has 0 bridgehead atoms. The molecular formula is C17H22N4O. The topological polar surface area (TPSA) is 59.8 Å². The lowest BCUT2D eigenvalue weighted by Gasteiger charge is -2.21. The third-order valence-corrected chi connectivity index (χ3v) is 4.08. The first-order valence-electron chi connectivity index (χ1n) is 8.03. The number of carbonyl (C=O) groups excluding carboxylic acids is 1. The van der Waals surface area contributed by atoms with Crippen LogP contribution in [0, 0.1) is 0 Å². The highest BCUT2D eigenvalue weighted by Gasteiger charge is 2.22. The van der Waals surface area contributed by atoms with Gasteiger partial charge in [0, 0.05) is 12.1 Å². The molecule has 22 heavy (non-hydrogen) atoms. The fourth-order valence-corrected chi connectivity index (χ4v) is 2.89. The van der Waals surface area contributed by atoms with Crippen LogP contribution in [-0.2, 0) is 17.8 Å². The van der Waals surface area contributed by atoms with Gasteiger partial charge in [-0.15, -0.1) is 0 Å². The molecule has 0 unspecified atom stereocenters. The second kappa shape index (κ2) is 6.83. The van der Waals surface area contributed by atoms with Crippen LogP contribution in [0.4, 0.5) is 0 Å². The number of aryl methyl sites for hydroxylation is 1. The molecule has 1 fully saturated rings. The highest BCUT2D eigenvalue weighted by molar-refractivity contribution is 5.85. The van der Waals surface area contributed by atoms with Crippen molar-refractivity contribution in [3.8, 4) is 11.4 Å². The minimum atomic E-state index is -0.0255. The average Bonchev–Trinajstić information content (AvgIpc) is 2.99. The number of piperidine rings is 1. The Morgan fingerprint density at radius 3 is 2.82 bits per heavy atom. The molecule has 1 aromatic heterocycles. The number of benzene rings is 1. The quantitative estimate of drug-likeness (QED) is 0.919. The molecular weight excluding hydrogens is 276 g/mol. The molecule has 3 rings (SSSR count). The van der Waals surface area contributed by atoms with E-state index < -0.39 is 0 Å². The van der Waals surface area contributed by atoms with Gasteiger partial charge in [-0.25, -0.2) is 9.67 Å². The zero-order chi connectivity index (χ0) is 15.4. The van der Waals surface area contributed by atoms with Crippen LogP contribution in [0.1, 0.15) is 32.0 Å². The van der Waals surface area contributed by atoms with Crippen LogP contribution < -0.4 is 5.32 Å². The number of rotatable bonds is 5. The van der Waals surface area contributed by atoms with Crippen LogP contribution >= 0.6 is 0 Å². The number of nitrogens with one attached hydrogen (secondary N) is 1. The Morgan fingerprint density at radius 2 is 2.14 bits per heavy atom. The molecule has 1 atom stereocenters. The van der Waals surface area contributed by atoms with Crippen molar-refractivity contribution < 1.29 is 4.79 Å². The standard InChI is InChI=1S/C17H22N4O/c1-2-21-17(13-8-4-3-5-9-13)19-16(20-21)12-15(22)14-10-6-7-11-18-14/h3-5,8-9,14,18H,2,6-7,10-12H2,1H3/t14-/m0/s1. The molecule has 0 saturated carbocycles. The zero-order valence-electron chi connectivity index (χ0n) is 13.0. The highest BCUT2D eigenvalue weighted by atomic mass is 16.1. The lowest BCUT2D eigenvalue weighted by Crippen LogP contribution is -2.41. The second-order valence-corrected chi connectivity index (χ2v) is 5.68. The SMILES string of the molecule is CCn1nc(CC(=O)[C@@H]2CCCCN2)nc1-c1ccccc1. The summed E-state index contributed by atoms with van der Waals surface area (Å²) in [6.45, 7) is 3.71. The molecule has 2 aromatic rings. The lowest BCUT2D eigenvalue weighted by atomic mass is 9.99. The minimum absolute atomic E-state index is 0.0255. The predicted octanol–water partition coefficient (Wildman–Crippen LogP) is 2.22. The van der Waals surface area contributed by atoms with E-state index >= 15 is 0 Å². The summed E-state index contributed by atoms with van der Waals surface area (Å²) in [7, 11) is 0. The molecule has 1 aromatic carbocycles. The van der Waals surface area contributed by atoms with Crippen LogP contribution in [0.5, 0.6) is 0 Å². The van der Waals surface area contributed by atoms with E-state index in [-0.39, 0.29) is 11.8 Å². The summed E-state index contributed by atoms with van der Waals surface area (Å²) in [5.41, 5.74) is 1.03. The lowest BCUT2D eigenvalue weighted by molar-refractivity contribution is -0.121. The maximum absolute atomic E-state index is 12.4. The summed E-state index contributed by atoms with van der Waals surface area (Å²) < 4.78 is 1.87. The Labute approximate surface area is 130 Å². The largest absolute Gasteiger partial charge is 0.307 e. The predicted molar refractivity (Wildman–Crippen MR) is 85.5 cm³/mol. The molecule has 0 spiro atoms. The molecule has 1 aliphatic rings. The average molecular weight is 298 g/mol. The molecule has 116 valence electrons. The van der Waals surface area contributed by atoms with E-state index in [2.05, 4.69) is 15.4 Å². The first kappa shape index (κ1) is 14.9. The third kappa shape index (κ3) is 3.25. The van der Waals surface area contributed by atoms with Crippen LogP contribution in [0.15, 0.2) is 30.3 Å². The number of aromatic nitrogens is 3. The molecule has 0 radical (unpaired) electrons. The van der Waals surface area contributed by atoms with E-state index in [1.54, 1.807) is 0 Å². The van der Waals surface area contributed by atoms with Crippen molar-refractivity contribution in [3.63, 3.8) is 0 Å². The minimum Gasteiger partial charge on any atom is -0.307 e. The van der Waals surface area contributed by atoms with Crippen LogP contribution in [-0.4, -0.2) is 33.1 Å². The molecule has 0 amide bonds. The van der Waals surface area contributed by atoms with Crippen molar-refractivity contribution in [2.75, 3.05) is 6.54 Å². The van der Waals surface area contributed by atoms with Gasteiger partial charge >= 0.3 is 0 Å². The number of hydrogen-bond donors (Lipinski definition) is 1. The van der Waals surface area contributed by atoms with Gasteiger partial charge in [0.15, 0.2) is 17.4 Å². The Kier molecular flexibility index (Phi) is 4.63. The number of carbonyl (C=O) groups is 1. The molecule has 1 N–H and O–H groups in total. The molecule has 1 aliphatic heterocycles. The van der Waals surface area contributed by atoms with Crippen molar-refractivity contribution in [2.24, 2.45) is 0 Å². The Balaban J connectivity index is 1.77. The van der Waals surface area contributed by atoms with Crippen molar-refractivity contribution >= 4 is 5.78 Å². The second-order valence-electron chi connectivity index (χ2n) is 5.68. The van der Waals surface area contributed by atoms with Crippen molar-refractivity contribution in [1.29, 1.82) is 0 Å². The van der Waals surface area contributed by atoms with Gasteiger partial charge in [-0.05, 0) is 26.3 Å². The zero-order valence-corrected chi connectivity index (χ0v) is 13.0. The molecule has 5 nitrogen and oxygen atoms in total. The van der Waals surface area contributed by atoms with Gasteiger partial charge in [-0.1, -0.05) is 36.8 Å². The number of Topliss-reactive ketones (excluding diaryl/α,β-unsaturated/α-hetero) is 1. The first-order valence-corrected chi connectivity index (χ1v) is 8.03. The maximum atomic E-state index is 12.4. The fourth-order valence-electron chi connectivity index (χ4n) is 2.89. The Hall–Kier alpha value is -2.01. The summed E-state index contributed by atoms with van der Waals surface area (Å²) in [4.78, 5) is 17.0. The summed E-state index contributed by atoms with van der Waals surface area (Å²) >= 11 is 0. The van der Waals surface area contributed by atoms with E-state index in [4.69, 9.17) is 0 Å². The summed E-state index contributed by atoms with van der Waals surface area (Å²) in [5.74, 6) is 1.66. The van der Waals surface area contributed by atoms with Crippen LogP contribution in [0.25, 0.3) is 11.4 Å². The van der Waals surface area contributed by atoms with Gasteiger partial charge in [0.2, 0.25) is 0 Å². The van der Waals surface area contributed by atoms with Gasteiger partial charge in [0.05, 0.1) is 12.5 Å². The summed E-state index contributed by atoms with van der Waals surface area (Å²) in [6, 6.07) is 9.97. The van der Waals surface area contributed by atoms with Crippen molar-refractivity contribution in [1.82, 2.24) is 20.1 Å². The molecule has 1 saturated heterocycles. The van der Waals surface area contributed by atoms with E-state index in [1.807, 2.05) is 41.9 Å². The fraction of sp³-hybridized carbons (Fsp3) is 0.471. The van der Waals surface area contributed by atoms with Crippen LogP contribution in [0.3, 0.4) is 0 Å². The van der Waals surface area contributed by atoms with Gasteiger partial charge in [0.25, 0.3) is 0 Å². The van der Waals surface area contributed by atoms with Crippen molar-refractivity contribution in [3.05, 3.63) is 36.2 Å². The Morgan fingerprint density at radius 1 is 1.32 bits per heavy atom. The smallest absolute Gasteiger partial charge is 0.158 e. The van der Waals surface area contributed by atoms with Gasteiger partial charge in [-0.2, -0.15) is 5.10 Å². The van der Waals surface area contributed by atoms with E-state index in [0.29, 0.717) is 12.2 Å².